The predicted molar refractivity (Wildman–Crippen MR) is 53.7 cm³/mol. The fraction of sp³-hybridized carbons (Fsp3) is 0.889. The highest BCUT2D eigenvalue weighted by Crippen LogP contribution is 2.27. The number of primary amides is 1. The molecule has 0 heterocycles. The predicted octanol–water partition coefficient (Wildman–Crippen LogP) is -2.23. The monoisotopic (exact) mass is 237 g/mol. The van der Waals surface area contributed by atoms with Gasteiger partial charge in [-0.15, -0.1) is 0 Å². The zero-order valence-corrected chi connectivity index (χ0v) is 9.13. The van der Waals surface area contributed by atoms with Crippen LogP contribution in [0, 0.1) is 0 Å². The fourth-order valence-electron chi connectivity index (χ4n) is 1.22. The van der Waals surface area contributed by atoms with Gasteiger partial charge in [-0.05, 0) is 6.42 Å². The van der Waals surface area contributed by atoms with Gasteiger partial charge in [0.15, 0.2) is 0 Å². The lowest BCUT2D eigenvalue weighted by molar-refractivity contribution is -0.386. The van der Waals surface area contributed by atoms with E-state index in [1.165, 1.54) is 0 Å². The van der Waals surface area contributed by atoms with E-state index in [4.69, 9.17) is 5.73 Å². The molecule has 96 valence electrons. The van der Waals surface area contributed by atoms with Crippen LogP contribution in [0.2, 0.25) is 0 Å². The van der Waals surface area contributed by atoms with Crippen LogP contribution in [-0.4, -0.2) is 49.1 Å². The van der Waals surface area contributed by atoms with Crippen molar-refractivity contribution < 1.29 is 30.3 Å². The van der Waals surface area contributed by atoms with Crippen LogP contribution < -0.4 is 5.73 Å². The number of aliphatic hydroxyl groups is 5. The van der Waals surface area contributed by atoms with Crippen LogP contribution in [-0.2, 0) is 4.79 Å². The van der Waals surface area contributed by atoms with Gasteiger partial charge in [0.2, 0.25) is 17.5 Å². The fourth-order valence-corrected chi connectivity index (χ4v) is 1.22. The van der Waals surface area contributed by atoms with E-state index in [0.717, 1.165) is 0 Å². The lowest BCUT2D eigenvalue weighted by Crippen LogP contribution is -2.61. The molecule has 0 rings (SSSR count). The van der Waals surface area contributed by atoms with Crippen LogP contribution in [0.25, 0.3) is 0 Å². The van der Waals surface area contributed by atoms with E-state index in [9.17, 15) is 30.3 Å². The zero-order valence-electron chi connectivity index (χ0n) is 9.13. The van der Waals surface area contributed by atoms with Crippen molar-refractivity contribution in [3.63, 3.8) is 0 Å². The molecule has 0 aromatic carbocycles. The summed E-state index contributed by atoms with van der Waals surface area (Å²) in [4.78, 5) is 10.4. The normalized spacial score (nSPS) is 14.9. The Kier molecular flexibility index (Phi) is 5.30. The highest BCUT2D eigenvalue weighted by Gasteiger charge is 2.51. The van der Waals surface area contributed by atoms with Crippen molar-refractivity contribution in [1.82, 2.24) is 0 Å². The van der Waals surface area contributed by atoms with Gasteiger partial charge in [0.25, 0.3) is 0 Å². The van der Waals surface area contributed by atoms with Crippen molar-refractivity contribution in [2.75, 3.05) is 0 Å². The van der Waals surface area contributed by atoms with Gasteiger partial charge >= 0.3 is 0 Å². The molecule has 0 aliphatic rings. The average Bonchev–Trinajstić information content (AvgIpc) is 2.15. The zero-order chi connectivity index (χ0) is 13.0. The molecule has 7 N–H and O–H groups in total. The Labute approximate surface area is 93.1 Å². The smallest absolute Gasteiger partial charge is 0.245 e. The molecular weight excluding hydrogens is 218 g/mol. The van der Waals surface area contributed by atoms with Crippen LogP contribution >= 0.6 is 0 Å². The molecule has 1 amide bonds. The summed E-state index contributed by atoms with van der Waals surface area (Å²) < 4.78 is 0. The largest absolute Gasteiger partial charge is 0.387 e. The molecule has 0 saturated carbocycles. The highest BCUT2D eigenvalue weighted by molar-refractivity contribution is 5.73. The van der Waals surface area contributed by atoms with Crippen molar-refractivity contribution in [2.24, 2.45) is 5.73 Å². The van der Waals surface area contributed by atoms with Crippen molar-refractivity contribution >= 4 is 5.91 Å². The SMILES string of the molecule is CCCC(O)C(O)(O)C(O)(O)CCC(N)=O. The maximum Gasteiger partial charge on any atom is 0.245 e. The Bertz CT molecular complexity index is 240. The van der Waals surface area contributed by atoms with Gasteiger partial charge in [-0.25, -0.2) is 0 Å². The Morgan fingerprint density at radius 2 is 1.81 bits per heavy atom. The summed E-state index contributed by atoms with van der Waals surface area (Å²) in [5, 5.41) is 46.9. The molecule has 0 fully saturated rings. The Hall–Kier alpha value is -0.730. The number of aliphatic hydroxyl groups excluding tert-OH is 1. The number of carbonyl (C=O) groups is 1. The van der Waals surface area contributed by atoms with Gasteiger partial charge in [-0.3, -0.25) is 4.79 Å². The summed E-state index contributed by atoms with van der Waals surface area (Å²) in [5.74, 6) is -6.90. The molecule has 0 aliphatic heterocycles. The second-order valence-electron chi connectivity index (χ2n) is 3.81. The molecule has 0 spiro atoms. The number of amides is 1. The summed E-state index contributed by atoms with van der Waals surface area (Å²) in [7, 11) is 0. The number of rotatable bonds is 7. The first-order chi connectivity index (χ1) is 7.15. The summed E-state index contributed by atoms with van der Waals surface area (Å²) in [5.41, 5.74) is 4.79. The Balaban J connectivity index is 4.61. The standard InChI is InChI=1S/C9H19NO6/c1-2-3-6(11)9(15,16)8(13,14)5-4-7(10)12/h6,11,13-16H,2-5H2,1H3,(H2,10,12). The number of hydrogen-bond acceptors (Lipinski definition) is 6. The molecule has 0 radical (unpaired) electrons. The highest BCUT2D eigenvalue weighted by atomic mass is 16.6. The third kappa shape index (κ3) is 3.69. The van der Waals surface area contributed by atoms with E-state index < -0.39 is 36.4 Å². The van der Waals surface area contributed by atoms with E-state index in [-0.39, 0.29) is 6.42 Å². The topological polar surface area (TPSA) is 144 Å². The van der Waals surface area contributed by atoms with Crippen LogP contribution in [0.5, 0.6) is 0 Å². The molecular formula is C9H19NO6. The minimum absolute atomic E-state index is 0.0214. The van der Waals surface area contributed by atoms with Crippen molar-refractivity contribution in [2.45, 2.75) is 50.3 Å². The summed E-state index contributed by atoms with van der Waals surface area (Å²) in [6.07, 6.45) is -2.42. The number of nitrogens with two attached hydrogens (primary N) is 1. The van der Waals surface area contributed by atoms with Gasteiger partial charge in [0.1, 0.15) is 6.10 Å². The lowest BCUT2D eigenvalue weighted by atomic mass is 9.93. The molecule has 7 heteroatoms. The molecule has 0 bridgehead atoms. The van der Waals surface area contributed by atoms with Crippen LogP contribution in [0.3, 0.4) is 0 Å². The molecule has 16 heavy (non-hydrogen) atoms. The first kappa shape index (κ1) is 15.3. The Morgan fingerprint density at radius 3 is 2.19 bits per heavy atom. The molecule has 0 aromatic heterocycles. The summed E-state index contributed by atoms with van der Waals surface area (Å²) in [6, 6.07) is 0. The van der Waals surface area contributed by atoms with Crippen LogP contribution in [0.1, 0.15) is 32.6 Å². The van der Waals surface area contributed by atoms with Crippen LogP contribution in [0.15, 0.2) is 0 Å². The average molecular weight is 237 g/mol. The number of carbonyl (C=O) groups excluding carboxylic acids is 1. The van der Waals surface area contributed by atoms with Crippen molar-refractivity contribution in [1.29, 1.82) is 0 Å². The third-order valence-corrected chi connectivity index (χ3v) is 2.34. The molecule has 1 unspecified atom stereocenters. The number of hydrogen-bond donors (Lipinski definition) is 6. The summed E-state index contributed by atoms with van der Waals surface area (Å²) >= 11 is 0. The maximum atomic E-state index is 10.4. The maximum absolute atomic E-state index is 10.4. The molecule has 0 aliphatic carbocycles. The van der Waals surface area contributed by atoms with Gasteiger partial charge in [0, 0.05) is 12.8 Å². The minimum Gasteiger partial charge on any atom is -0.387 e. The van der Waals surface area contributed by atoms with Gasteiger partial charge in [-0.1, -0.05) is 13.3 Å². The van der Waals surface area contributed by atoms with Gasteiger partial charge in [0.05, 0.1) is 0 Å². The second-order valence-corrected chi connectivity index (χ2v) is 3.81. The first-order valence-electron chi connectivity index (χ1n) is 5.01. The lowest BCUT2D eigenvalue weighted by Gasteiger charge is -2.38. The molecule has 1 atom stereocenters. The Morgan fingerprint density at radius 1 is 1.31 bits per heavy atom. The van der Waals surface area contributed by atoms with Crippen molar-refractivity contribution in [3.05, 3.63) is 0 Å². The van der Waals surface area contributed by atoms with E-state index in [1.807, 2.05) is 0 Å². The van der Waals surface area contributed by atoms with Gasteiger partial charge < -0.3 is 31.3 Å². The molecule has 7 nitrogen and oxygen atoms in total. The van der Waals surface area contributed by atoms with Crippen molar-refractivity contribution in [3.8, 4) is 0 Å². The minimum atomic E-state index is -3.10. The van der Waals surface area contributed by atoms with E-state index in [1.54, 1.807) is 6.92 Å². The molecule has 0 saturated heterocycles. The van der Waals surface area contributed by atoms with E-state index >= 15 is 0 Å². The third-order valence-electron chi connectivity index (χ3n) is 2.34. The first-order valence-corrected chi connectivity index (χ1v) is 5.01. The van der Waals surface area contributed by atoms with Gasteiger partial charge in [-0.2, -0.15) is 0 Å². The van der Waals surface area contributed by atoms with E-state index in [2.05, 4.69) is 0 Å². The second kappa shape index (κ2) is 5.55. The summed E-state index contributed by atoms with van der Waals surface area (Å²) in [6.45, 7) is 1.68. The van der Waals surface area contributed by atoms with Crippen LogP contribution in [0.4, 0.5) is 0 Å². The molecule has 0 aromatic rings. The quantitative estimate of drug-likeness (QED) is 0.276. The van der Waals surface area contributed by atoms with E-state index in [0.29, 0.717) is 6.42 Å².